The lowest BCUT2D eigenvalue weighted by Gasteiger charge is -2.32. The monoisotopic (exact) mass is 492 g/mol. The van der Waals surface area contributed by atoms with E-state index in [1.165, 1.54) is 33.4 Å². The minimum Gasteiger partial charge on any atom is -0.487 e. The van der Waals surface area contributed by atoms with Gasteiger partial charge < -0.3 is 9.84 Å². The summed E-state index contributed by atoms with van der Waals surface area (Å²) in [5.41, 5.74) is 6.98. The van der Waals surface area contributed by atoms with Crippen molar-refractivity contribution in [1.82, 2.24) is 0 Å². The van der Waals surface area contributed by atoms with Gasteiger partial charge in [0.25, 0.3) is 0 Å². The van der Waals surface area contributed by atoms with Crippen molar-refractivity contribution in [3.63, 3.8) is 0 Å². The first-order chi connectivity index (χ1) is 17.8. The minimum absolute atomic E-state index is 0.0866. The van der Waals surface area contributed by atoms with Crippen molar-refractivity contribution >= 4 is 0 Å². The lowest BCUT2D eigenvalue weighted by Crippen LogP contribution is -2.31. The number of hydrogen-bond acceptors (Lipinski definition) is 2. The summed E-state index contributed by atoms with van der Waals surface area (Å²) in [7, 11) is 0. The van der Waals surface area contributed by atoms with Crippen molar-refractivity contribution in [1.29, 1.82) is 0 Å². The maximum Gasteiger partial charge on any atom is 0.127 e. The van der Waals surface area contributed by atoms with E-state index in [4.69, 9.17) is 4.74 Å². The third-order valence-corrected chi connectivity index (χ3v) is 7.59. The van der Waals surface area contributed by atoms with E-state index in [0.29, 0.717) is 6.42 Å². The molecule has 0 aliphatic heterocycles. The molecule has 37 heavy (non-hydrogen) atoms. The molecular formula is C35H40O2. The van der Waals surface area contributed by atoms with Crippen LogP contribution in [-0.2, 0) is 0 Å². The molecule has 0 radical (unpaired) electrons. The molecule has 0 aliphatic rings. The topological polar surface area (TPSA) is 29.5 Å². The summed E-state index contributed by atoms with van der Waals surface area (Å²) in [5, 5.41) is 9.76. The Labute approximate surface area is 223 Å². The van der Waals surface area contributed by atoms with Crippen molar-refractivity contribution in [2.75, 3.05) is 6.61 Å². The molecule has 3 unspecified atom stereocenters. The Morgan fingerprint density at radius 1 is 0.595 bits per heavy atom. The van der Waals surface area contributed by atoms with E-state index in [2.05, 4.69) is 138 Å². The number of ether oxygens (including phenoxy) is 1. The molecule has 3 atom stereocenters. The van der Waals surface area contributed by atoms with Gasteiger partial charge in [-0.25, -0.2) is 0 Å². The molecule has 0 fully saturated rings. The van der Waals surface area contributed by atoms with Gasteiger partial charge in [0.05, 0.1) is 0 Å². The largest absolute Gasteiger partial charge is 0.487 e. The maximum atomic E-state index is 9.76. The molecule has 2 heteroatoms. The molecule has 0 amide bonds. The summed E-state index contributed by atoms with van der Waals surface area (Å²) in [5.74, 6) is 1.47. The third-order valence-electron chi connectivity index (χ3n) is 7.59. The highest BCUT2D eigenvalue weighted by atomic mass is 16.5. The number of rotatable bonds is 10. The van der Waals surface area contributed by atoms with E-state index in [-0.39, 0.29) is 24.4 Å². The van der Waals surface area contributed by atoms with Crippen LogP contribution in [-0.4, -0.2) is 17.3 Å². The van der Waals surface area contributed by atoms with Gasteiger partial charge in [0, 0.05) is 41.9 Å². The average Bonchev–Trinajstić information content (AvgIpc) is 2.93. The summed E-state index contributed by atoms with van der Waals surface area (Å²) in [6, 6.07) is 36.7. The molecule has 1 N–H and O–H groups in total. The van der Waals surface area contributed by atoms with Crippen LogP contribution in [0.25, 0.3) is 0 Å². The Bertz CT molecular complexity index is 1200. The zero-order valence-corrected chi connectivity index (χ0v) is 22.8. The molecule has 0 saturated heterocycles. The number of hydrogen-bond donors (Lipinski definition) is 1. The molecule has 0 aromatic heterocycles. The van der Waals surface area contributed by atoms with Crippen LogP contribution in [0.15, 0.2) is 103 Å². The predicted octanol–water partition coefficient (Wildman–Crippen LogP) is 8.68. The SMILES string of the molecule is CC(c1ccccc1)c1cc(C(C)c2ccccc2)c(OC(C)(C)CCO)c(C(C)c2ccccc2)c1. The van der Waals surface area contributed by atoms with Crippen molar-refractivity contribution < 1.29 is 9.84 Å². The zero-order valence-electron chi connectivity index (χ0n) is 22.8. The maximum absolute atomic E-state index is 9.76. The van der Waals surface area contributed by atoms with Gasteiger partial charge >= 0.3 is 0 Å². The fourth-order valence-electron chi connectivity index (χ4n) is 5.08. The van der Waals surface area contributed by atoms with Gasteiger partial charge in [-0.05, 0) is 36.1 Å². The van der Waals surface area contributed by atoms with E-state index < -0.39 is 5.60 Å². The van der Waals surface area contributed by atoms with Crippen molar-refractivity contribution in [2.24, 2.45) is 0 Å². The third kappa shape index (κ3) is 6.32. The summed E-state index contributed by atoms with van der Waals surface area (Å²) in [4.78, 5) is 0. The van der Waals surface area contributed by atoms with Gasteiger partial charge in [-0.3, -0.25) is 0 Å². The first kappa shape index (κ1) is 26.7. The zero-order chi connectivity index (χ0) is 26.4. The normalized spacial score (nSPS) is 14.1. The number of benzene rings is 4. The summed E-state index contributed by atoms with van der Waals surface area (Å²) in [6.45, 7) is 11.0. The van der Waals surface area contributed by atoms with Crippen LogP contribution in [0.2, 0.25) is 0 Å². The Morgan fingerprint density at radius 3 is 1.35 bits per heavy atom. The lowest BCUT2D eigenvalue weighted by molar-refractivity contribution is 0.0740. The fraction of sp³-hybridized carbons (Fsp3) is 0.314. The molecule has 0 heterocycles. The van der Waals surface area contributed by atoms with Gasteiger partial charge in [0.2, 0.25) is 0 Å². The fourth-order valence-corrected chi connectivity index (χ4v) is 5.08. The average molecular weight is 493 g/mol. The number of aliphatic hydroxyl groups is 1. The minimum atomic E-state index is -0.502. The van der Waals surface area contributed by atoms with E-state index in [0.717, 1.165) is 5.75 Å². The van der Waals surface area contributed by atoms with Gasteiger partial charge in [0.1, 0.15) is 11.4 Å². The molecular weight excluding hydrogens is 452 g/mol. The summed E-state index contributed by atoms with van der Waals surface area (Å²) < 4.78 is 6.87. The highest BCUT2D eigenvalue weighted by Crippen LogP contribution is 2.44. The van der Waals surface area contributed by atoms with Crippen LogP contribution >= 0.6 is 0 Å². The van der Waals surface area contributed by atoms with Gasteiger partial charge in [-0.15, -0.1) is 0 Å². The van der Waals surface area contributed by atoms with Crippen LogP contribution in [0.1, 0.15) is 92.2 Å². The van der Waals surface area contributed by atoms with Crippen LogP contribution in [0, 0.1) is 0 Å². The quantitative estimate of drug-likeness (QED) is 0.240. The highest BCUT2D eigenvalue weighted by molar-refractivity contribution is 5.54. The number of aliphatic hydroxyl groups excluding tert-OH is 1. The molecule has 0 aliphatic carbocycles. The molecule has 192 valence electrons. The first-order valence-electron chi connectivity index (χ1n) is 13.4. The standard InChI is InChI=1S/C35H40O2/c1-25(28-15-9-6-10-16-28)31-23-32(26(2)29-17-11-7-12-18-29)34(37-35(4,5)21-22-36)33(24-31)27(3)30-19-13-8-14-20-30/h6-20,23-27,36H,21-22H2,1-5H3. The molecule has 4 aromatic rings. The Morgan fingerprint density at radius 2 is 0.973 bits per heavy atom. The van der Waals surface area contributed by atoms with Crippen LogP contribution in [0.4, 0.5) is 0 Å². The Balaban J connectivity index is 1.95. The smallest absolute Gasteiger partial charge is 0.127 e. The second-order valence-electron chi connectivity index (χ2n) is 10.8. The highest BCUT2D eigenvalue weighted by Gasteiger charge is 2.28. The second-order valence-corrected chi connectivity index (χ2v) is 10.8. The molecule has 2 nitrogen and oxygen atoms in total. The first-order valence-corrected chi connectivity index (χ1v) is 13.4. The Kier molecular flexibility index (Phi) is 8.51. The van der Waals surface area contributed by atoms with Crippen molar-refractivity contribution in [3.05, 3.63) is 137 Å². The summed E-state index contributed by atoms with van der Waals surface area (Å²) >= 11 is 0. The van der Waals surface area contributed by atoms with Crippen LogP contribution in [0.3, 0.4) is 0 Å². The van der Waals surface area contributed by atoms with Gasteiger partial charge in [-0.1, -0.05) is 124 Å². The second kappa shape index (κ2) is 11.8. The van der Waals surface area contributed by atoms with Crippen LogP contribution in [0.5, 0.6) is 5.75 Å². The molecule has 4 rings (SSSR count). The van der Waals surface area contributed by atoms with E-state index in [9.17, 15) is 5.11 Å². The van der Waals surface area contributed by atoms with E-state index in [1.54, 1.807) is 0 Å². The molecule has 4 aromatic carbocycles. The van der Waals surface area contributed by atoms with Crippen LogP contribution < -0.4 is 4.74 Å². The van der Waals surface area contributed by atoms with E-state index in [1.807, 2.05) is 0 Å². The van der Waals surface area contributed by atoms with Crippen molar-refractivity contribution in [2.45, 2.75) is 64.4 Å². The Hall–Kier alpha value is -3.36. The van der Waals surface area contributed by atoms with E-state index >= 15 is 0 Å². The van der Waals surface area contributed by atoms with Gasteiger partial charge in [-0.2, -0.15) is 0 Å². The summed E-state index contributed by atoms with van der Waals surface area (Å²) in [6.07, 6.45) is 0.563. The molecule has 0 spiro atoms. The van der Waals surface area contributed by atoms with Crippen molar-refractivity contribution in [3.8, 4) is 5.75 Å². The van der Waals surface area contributed by atoms with Gasteiger partial charge in [0.15, 0.2) is 0 Å². The predicted molar refractivity (Wildman–Crippen MR) is 155 cm³/mol. The molecule has 0 bridgehead atoms. The molecule has 0 saturated carbocycles. The lowest BCUT2D eigenvalue weighted by atomic mass is 9.81.